The monoisotopic (exact) mass is 366 g/mol. The van der Waals surface area contributed by atoms with E-state index in [0.717, 1.165) is 41.6 Å². The van der Waals surface area contributed by atoms with Gasteiger partial charge in [-0.3, -0.25) is 4.90 Å². The van der Waals surface area contributed by atoms with Gasteiger partial charge in [-0.2, -0.15) is 0 Å². The summed E-state index contributed by atoms with van der Waals surface area (Å²) in [5.74, 6) is 0. The molecule has 5 nitrogen and oxygen atoms in total. The molecule has 2 aliphatic rings. The third-order valence-electron chi connectivity index (χ3n) is 5.22. The Labute approximate surface area is 157 Å². The molecule has 0 N–H and O–H groups in total. The molecule has 2 aromatic carbocycles. The highest BCUT2D eigenvalue weighted by Gasteiger charge is 2.40. The lowest BCUT2D eigenvalue weighted by Crippen LogP contribution is -2.32. The van der Waals surface area contributed by atoms with Crippen molar-refractivity contribution < 1.29 is 4.74 Å². The topological polar surface area (TPSA) is 43.2 Å². The van der Waals surface area contributed by atoms with Crippen LogP contribution in [-0.2, 0) is 17.9 Å². The number of hydrogen-bond acceptors (Lipinski definition) is 4. The second kappa shape index (κ2) is 6.50. The van der Waals surface area contributed by atoms with Gasteiger partial charge in [0.05, 0.1) is 24.4 Å². The number of rotatable bonds is 3. The van der Waals surface area contributed by atoms with E-state index in [1.807, 2.05) is 24.3 Å². The van der Waals surface area contributed by atoms with Gasteiger partial charge in [-0.15, -0.1) is 5.10 Å². The van der Waals surface area contributed by atoms with Crippen LogP contribution in [0.4, 0.5) is 0 Å². The molecule has 0 saturated carbocycles. The second-order valence-electron chi connectivity index (χ2n) is 6.93. The van der Waals surface area contributed by atoms with Crippen molar-refractivity contribution in [2.45, 2.75) is 25.3 Å². The van der Waals surface area contributed by atoms with E-state index in [0.29, 0.717) is 6.61 Å². The largest absolute Gasteiger partial charge is 0.368 e. The Hall–Kier alpha value is -2.21. The fourth-order valence-electron chi connectivity index (χ4n) is 3.93. The highest BCUT2D eigenvalue weighted by atomic mass is 35.5. The van der Waals surface area contributed by atoms with E-state index < -0.39 is 0 Å². The summed E-state index contributed by atoms with van der Waals surface area (Å²) in [5.41, 5.74) is 4.29. The van der Waals surface area contributed by atoms with Gasteiger partial charge < -0.3 is 4.74 Å². The highest BCUT2D eigenvalue weighted by Crippen LogP contribution is 2.35. The number of halogens is 1. The van der Waals surface area contributed by atoms with E-state index in [2.05, 4.69) is 50.2 Å². The summed E-state index contributed by atoms with van der Waals surface area (Å²) < 4.78 is 8.24. The fraction of sp³-hybridized carbons (Fsp3) is 0.300. The van der Waals surface area contributed by atoms with E-state index >= 15 is 0 Å². The predicted octanol–water partition coefficient (Wildman–Crippen LogP) is 3.55. The molecule has 3 aromatic rings. The zero-order chi connectivity index (χ0) is 17.5. The Bertz CT molecular complexity index is 909. The maximum Gasteiger partial charge on any atom is 0.118 e. The van der Waals surface area contributed by atoms with Crippen LogP contribution in [0.2, 0.25) is 5.02 Å². The molecule has 0 bridgehead atoms. The lowest BCUT2D eigenvalue weighted by molar-refractivity contribution is -0.00494. The molecule has 6 heteroatoms. The minimum atomic E-state index is 0.172. The van der Waals surface area contributed by atoms with E-state index in [-0.39, 0.29) is 12.1 Å². The third-order valence-corrected chi connectivity index (χ3v) is 5.47. The van der Waals surface area contributed by atoms with Gasteiger partial charge in [0.25, 0.3) is 0 Å². The number of ether oxygens (including phenoxy) is 1. The molecule has 1 aromatic heterocycles. The lowest BCUT2D eigenvalue weighted by Gasteiger charge is -2.26. The van der Waals surface area contributed by atoms with Crippen molar-refractivity contribution in [3.63, 3.8) is 0 Å². The molecule has 0 radical (unpaired) electrons. The first-order valence-electron chi connectivity index (χ1n) is 8.86. The summed E-state index contributed by atoms with van der Waals surface area (Å²) in [7, 11) is 0. The standard InChI is InChI=1S/C20H19ClN4O/c21-16-8-6-15(7-9-16)20-18-13-26-19-12-24(10-14-4-2-1-3-5-14)11-17(19)25(18)23-22-20/h1-9,17,19H,10-13H2/t17-,19-/m1/s1. The quantitative estimate of drug-likeness (QED) is 0.711. The number of aromatic nitrogens is 3. The smallest absolute Gasteiger partial charge is 0.118 e. The number of hydrogen-bond donors (Lipinski definition) is 0. The van der Waals surface area contributed by atoms with Crippen molar-refractivity contribution in [1.82, 2.24) is 19.9 Å². The molecule has 0 amide bonds. The zero-order valence-corrected chi connectivity index (χ0v) is 15.0. The summed E-state index contributed by atoms with van der Waals surface area (Å²) in [6.07, 6.45) is 0.172. The van der Waals surface area contributed by atoms with Gasteiger partial charge in [0, 0.05) is 30.2 Å². The summed E-state index contributed by atoms with van der Waals surface area (Å²) in [6.45, 7) is 3.34. The summed E-state index contributed by atoms with van der Waals surface area (Å²) in [6, 6.07) is 18.5. The molecule has 3 heterocycles. The highest BCUT2D eigenvalue weighted by molar-refractivity contribution is 6.30. The summed E-state index contributed by atoms with van der Waals surface area (Å²) in [4.78, 5) is 2.43. The molecule has 1 fully saturated rings. The van der Waals surface area contributed by atoms with Gasteiger partial charge in [0.2, 0.25) is 0 Å². The van der Waals surface area contributed by atoms with Gasteiger partial charge in [-0.25, -0.2) is 4.68 Å². The van der Waals surface area contributed by atoms with Gasteiger partial charge in [0.15, 0.2) is 0 Å². The van der Waals surface area contributed by atoms with Crippen LogP contribution >= 0.6 is 11.6 Å². The van der Waals surface area contributed by atoms with Crippen molar-refractivity contribution in [3.05, 3.63) is 70.9 Å². The lowest BCUT2D eigenvalue weighted by atomic mass is 10.1. The van der Waals surface area contributed by atoms with Crippen LogP contribution in [0.3, 0.4) is 0 Å². The summed E-state index contributed by atoms with van der Waals surface area (Å²) >= 11 is 6.00. The number of benzene rings is 2. The first-order chi connectivity index (χ1) is 12.8. The van der Waals surface area contributed by atoms with E-state index in [9.17, 15) is 0 Å². The van der Waals surface area contributed by atoms with Crippen molar-refractivity contribution in [3.8, 4) is 11.3 Å². The number of likely N-dealkylation sites (tertiary alicyclic amines) is 1. The van der Waals surface area contributed by atoms with E-state index in [1.54, 1.807) is 0 Å². The Morgan fingerprint density at radius 2 is 1.85 bits per heavy atom. The van der Waals surface area contributed by atoms with Crippen molar-refractivity contribution >= 4 is 11.6 Å². The van der Waals surface area contributed by atoms with Crippen LogP contribution in [0.15, 0.2) is 54.6 Å². The van der Waals surface area contributed by atoms with Gasteiger partial charge in [0.1, 0.15) is 5.69 Å². The first kappa shape index (κ1) is 16.0. The predicted molar refractivity (Wildman–Crippen MR) is 99.8 cm³/mol. The van der Waals surface area contributed by atoms with Crippen LogP contribution in [0.25, 0.3) is 11.3 Å². The van der Waals surface area contributed by atoms with Gasteiger partial charge in [-0.1, -0.05) is 59.3 Å². The Morgan fingerprint density at radius 3 is 2.65 bits per heavy atom. The normalized spacial score (nSPS) is 22.2. The molecule has 1 saturated heterocycles. The molecule has 2 atom stereocenters. The number of nitrogens with zero attached hydrogens (tertiary/aromatic N) is 4. The number of fused-ring (bicyclic) bond motifs is 3. The molecule has 5 rings (SSSR count). The molecular weight excluding hydrogens is 348 g/mol. The first-order valence-corrected chi connectivity index (χ1v) is 9.23. The molecule has 2 aliphatic heterocycles. The van der Waals surface area contributed by atoms with E-state index in [4.69, 9.17) is 16.3 Å². The molecule has 0 aliphatic carbocycles. The van der Waals surface area contributed by atoms with Crippen LogP contribution in [0.1, 0.15) is 17.3 Å². The maximum absolute atomic E-state index is 6.17. The van der Waals surface area contributed by atoms with Crippen LogP contribution in [0.5, 0.6) is 0 Å². The van der Waals surface area contributed by atoms with Crippen molar-refractivity contribution in [2.24, 2.45) is 0 Å². The van der Waals surface area contributed by atoms with Gasteiger partial charge >= 0.3 is 0 Å². The average molecular weight is 367 g/mol. The Morgan fingerprint density at radius 1 is 1.04 bits per heavy atom. The Balaban J connectivity index is 1.39. The minimum absolute atomic E-state index is 0.172. The third kappa shape index (κ3) is 2.82. The molecule has 0 spiro atoms. The molecule has 132 valence electrons. The van der Waals surface area contributed by atoms with Gasteiger partial charge in [-0.05, 0) is 17.7 Å². The summed E-state index contributed by atoms with van der Waals surface area (Å²) in [5, 5.41) is 9.63. The van der Waals surface area contributed by atoms with E-state index in [1.165, 1.54) is 5.56 Å². The SMILES string of the molecule is Clc1ccc(-c2nnn3c2CO[C@@H]2CN(Cc4ccccc4)C[C@H]23)cc1. The average Bonchev–Trinajstić information content (AvgIpc) is 3.26. The molecule has 26 heavy (non-hydrogen) atoms. The van der Waals surface area contributed by atoms with Crippen LogP contribution in [-0.4, -0.2) is 39.1 Å². The molecular formula is C20H19ClN4O. The van der Waals surface area contributed by atoms with Crippen molar-refractivity contribution in [2.75, 3.05) is 13.1 Å². The Kier molecular flexibility index (Phi) is 4.00. The fourth-order valence-corrected chi connectivity index (χ4v) is 4.06. The minimum Gasteiger partial charge on any atom is -0.368 e. The molecule has 0 unspecified atom stereocenters. The second-order valence-corrected chi connectivity index (χ2v) is 7.37. The van der Waals surface area contributed by atoms with Crippen LogP contribution < -0.4 is 0 Å². The maximum atomic E-state index is 6.17. The van der Waals surface area contributed by atoms with Crippen LogP contribution in [0, 0.1) is 0 Å². The zero-order valence-electron chi connectivity index (χ0n) is 14.3. The van der Waals surface area contributed by atoms with Crippen molar-refractivity contribution in [1.29, 1.82) is 0 Å².